The molecule has 0 saturated carbocycles. The monoisotopic (exact) mass is 273 g/mol. The summed E-state index contributed by atoms with van der Waals surface area (Å²) in [4.78, 5) is 25.4. The first-order chi connectivity index (χ1) is 8.47. The molecule has 7 nitrogen and oxygen atoms in total. The minimum Gasteiger partial charge on any atom is -0.380 e. The number of nitrogens with zero attached hydrogens (tertiary/aromatic N) is 2. The van der Waals surface area contributed by atoms with Crippen molar-refractivity contribution in [2.24, 2.45) is 0 Å². The van der Waals surface area contributed by atoms with Crippen LogP contribution in [0.4, 0.5) is 5.69 Å². The van der Waals surface area contributed by atoms with Crippen molar-refractivity contribution < 1.29 is 14.5 Å². The second kappa shape index (κ2) is 6.27. The molecule has 0 fully saturated rings. The minimum atomic E-state index is -0.732. The Kier molecular flexibility index (Phi) is 4.99. The van der Waals surface area contributed by atoms with Crippen molar-refractivity contribution in [1.82, 2.24) is 10.3 Å². The molecule has 0 saturated heterocycles. The van der Waals surface area contributed by atoms with E-state index in [1.807, 2.05) is 0 Å². The van der Waals surface area contributed by atoms with Crippen LogP contribution < -0.4 is 5.32 Å². The van der Waals surface area contributed by atoms with Gasteiger partial charge in [0.05, 0.1) is 11.0 Å². The third-order valence-corrected chi connectivity index (χ3v) is 2.54. The largest absolute Gasteiger partial charge is 0.380 e. The van der Waals surface area contributed by atoms with Gasteiger partial charge in [0.15, 0.2) is 0 Å². The highest BCUT2D eigenvalue weighted by Gasteiger charge is 2.24. The van der Waals surface area contributed by atoms with Gasteiger partial charge in [-0.1, -0.05) is 11.6 Å². The molecule has 1 atom stereocenters. The summed E-state index contributed by atoms with van der Waals surface area (Å²) in [5.41, 5.74) is -0.620. The Bertz CT molecular complexity index is 466. The number of nitro groups is 1. The lowest BCUT2D eigenvalue weighted by Crippen LogP contribution is -2.32. The topological polar surface area (TPSA) is 94.4 Å². The molecular formula is C10H12ClN3O4. The number of carbonyl (C=O) groups is 1. The third kappa shape index (κ3) is 3.38. The average Bonchev–Trinajstić information content (AvgIpc) is 2.34. The number of methoxy groups -OCH3 is 1. The van der Waals surface area contributed by atoms with Crippen molar-refractivity contribution in [3.8, 4) is 0 Å². The fraction of sp³-hybridized carbons (Fsp3) is 0.400. The molecule has 0 aliphatic heterocycles. The maximum absolute atomic E-state index is 11.8. The van der Waals surface area contributed by atoms with Gasteiger partial charge in [-0.05, 0) is 13.0 Å². The zero-order chi connectivity index (χ0) is 13.7. The zero-order valence-electron chi connectivity index (χ0n) is 9.84. The highest BCUT2D eigenvalue weighted by molar-refractivity contribution is 6.32. The Morgan fingerprint density at radius 3 is 2.94 bits per heavy atom. The number of pyridine rings is 1. The van der Waals surface area contributed by atoms with Crippen molar-refractivity contribution in [2.45, 2.75) is 13.0 Å². The van der Waals surface area contributed by atoms with E-state index in [-0.39, 0.29) is 23.4 Å². The maximum atomic E-state index is 11.8. The first-order valence-electron chi connectivity index (χ1n) is 5.07. The number of hydrogen-bond donors (Lipinski definition) is 1. The van der Waals surface area contributed by atoms with E-state index in [1.54, 1.807) is 6.92 Å². The molecule has 0 bridgehead atoms. The molecule has 98 valence electrons. The summed E-state index contributed by atoms with van der Waals surface area (Å²) < 4.78 is 4.95. The van der Waals surface area contributed by atoms with Crippen LogP contribution in [0.1, 0.15) is 17.3 Å². The van der Waals surface area contributed by atoms with Gasteiger partial charge in [0.1, 0.15) is 5.56 Å². The molecule has 0 spiro atoms. The van der Waals surface area contributed by atoms with Gasteiger partial charge in [0, 0.05) is 19.9 Å². The third-order valence-electron chi connectivity index (χ3n) is 2.26. The zero-order valence-corrected chi connectivity index (χ0v) is 10.6. The second-order valence-electron chi connectivity index (χ2n) is 3.51. The predicted octanol–water partition coefficient (Wildman–Crippen LogP) is 1.41. The lowest BCUT2D eigenvalue weighted by Gasteiger charge is -2.10. The molecule has 0 aliphatic carbocycles. The molecule has 1 aromatic heterocycles. The van der Waals surface area contributed by atoms with Crippen LogP contribution in [-0.4, -0.2) is 35.6 Å². The van der Waals surface area contributed by atoms with E-state index < -0.39 is 16.5 Å². The first-order valence-corrected chi connectivity index (χ1v) is 5.45. The van der Waals surface area contributed by atoms with Gasteiger partial charge in [0.2, 0.25) is 5.15 Å². The van der Waals surface area contributed by atoms with Crippen LogP contribution in [0.25, 0.3) is 0 Å². The number of hydrogen-bond acceptors (Lipinski definition) is 5. The van der Waals surface area contributed by atoms with Gasteiger partial charge in [-0.3, -0.25) is 14.9 Å². The lowest BCUT2D eigenvalue weighted by atomic mass is 10.2. The first kappa shape index (κ1) is 14.3. The molecule has 1 unspecified atom stereocenters. The smallest absolute Gasteiger partial charge is 0.319 e. The van der Waals surface area contributed by atoms with E-state index in [9.17, 15) is 14.9 Å². The molecule has 0 radical (unpaired) electrons. The van der Waals surface area contributed by atoms with Crippen molar-refractivity contribution in [1.29, 1.82) is 0 Å². The summed E-state index contributed by atoms with van der Waals surface area (Å²) in [5.74, 6) is -0.588. The molecular weight excluding hydrogens is 262 g/mol. The highest BCUT2D eigenvalue weighted by Crippen LogP contribution is 2.25. The van der Waals surface area contributed by atoms with E-state index in [0.29, 0.717) is 0 Å². The number of halogens is 1. The lowest BCUT2D eigenvalue weighted by molar-refractivity contribution is -0.385. The van der Waals surface area contributed by atoms with Gasteiger partial charge >= 0.3 is 5.69 Å². The second-order valence-corrected chi connectivity index (χ2v) is 3.87. The number of carbonyl (C=O) groups excluding carboxylic acids is 1. The summed E-state index contributed by atoms with van der Waals surface area (Å²) in [6, 6.07) is 1.25. The summed E-state index contributed by atoms with van der Waals surface area (Å²) in [6.45, 7) is 2.00. The van der Waals surface area contributed by atoms with Crippen LogP contribution in [0, 0.1) is 10.1 Å². The molecule has 1 N–H and O–H groups in total. The fourth-order valence-electron chi connectivity index (χ4n) is 1.20. The van der Waals surface area contributed by atoms with Crippen molar-refractivity contribution in [3.05, 3.63) is 33.1 Å². The number of rotatable bonds is 5. The minimum absolute atomic E-state index is 0.122. The highest BCUT2D eigenvalue weighted by atomic mass is 35.5. The quantitative estimate of drug-likeness (QED) is 0.497. The van der Waals surface area contributed by atoms with E-state index in [2.05, 4.69) is 10.3 Å². The standard InChI is InChI=1S/C10H12ClN3O4/c1-6(18-2)5-13-10(15)7-3-4-12-9(11)8(7)14(16)17/h3-4,6H,5H2,1-2H3,(H,13,15). The summed E-state index contributed by atoms with van der Waals surface area (Å²) in [6.07, 6.45) is 1.05. The molecule has 1 aromatic rings. The van der Waals surface area contributed by atoms with Gasteiger partial charge in [0.25, 0.3) is 5.91 Å². The van der Waals surface area contributed by atoms with Crippen LogP contribution in [0.15, 0.2) is 12.3 Å². The molecule has 0 aromatic carbocycles. The van der Waals surface area contributed by atoms with Crippen LogP contribution in [0.3, 0.4) is 0 Å². The van der Waals surface area contributed by atoms with E-state index in [0.717, 1.165) is 0 Å². The van der Waals surface area contributed by atoms with E-state index >= 15 is 0 Å². The number of amides is 1. The molecule has 0 aliphatic rings. The van der Waals surface area contributed by atoms with Crippen molar-refractivity contribution >= 4 is 23.2 Å². The van der Waals surface area contributed by atoms with Crippen molar-refractivity contribution in [3.63, 3.8) is 0 Å². The molecule has 1 heterocycles. The Morgan fingerprint density at radius 2 is 2.39 bits per heavy atom. The van der Waals surface area contributed by atoms with Gasteiger partial charge < -0.3 is 10.1 Å². The summed E-state index contributed by atoms with van der Waals surface area (Å²) in [5, 5.41) is 13.0. The summed E-state index contributed by atoms with van der Waals surface area (Å²) >= 11 is 5.60. The SMILES string of the molecule is COC(C)CNC(=O)c1ccnc(Cl)c1[N+](=O)[O-]. The number of aromatic nitrogens is 1. The molecule has 18 heavy (non-hydrogen) atoms. The Morgan fingerprint density at radius 1 is 1.72 bits per heavy atom. The molecule has 8 heteroatoms. The van der Waals surface area contributed by atoms with Gasteiger partial charge in [-0.15, -0.1) is 0 Å². The van der Waals surface area contributed by atoms with Crippen LogP contribution in [-0.2, 0) is 4.74 Å². The fourth-order valence-corrected chi connectivity index (χ4v) is 1.43. The molecule has 1 rings (SSSR count). The Hall–Kier alpha value is -1.73. The molecule has 1 amide bonds. The predicted molar refractivity (Wildman–Crippen MR) is 64.7 cm³/mol. The van der Waals surface area contributed by atoms with Crippen LogP contribution >= 0.6 is 11.6 Å². The average molecular weight is 274 g/mol. The van der Waals surface area contributed by atoms with E-state index in [1.165, 1.54) is 19.4 Å². The number of nitrogens with one attached hydrogen (secondary N) is 1. The van der Waals surface area contributed by atoms with Crippen LogP contribution in [0.5, 0.6) is 0 Å². The Labute approximate surface area is 108 Å². The van der Waals surface area contributed by atoms with E-state index in [4.69, 9.17) is 16.3 Å². The maximum Gasteiger partial charge on any atom is 0.319 e. The van der Waals surface area contributed by atoms with Gasteiger partial charge in [-0.2, -0.15) is 0 Å². The normalized spacial score (nSPS) is 11.9. The summed E-state index contributed by atoms with van der Waals surface area (Å²) in [7, 11) is 1.50. The van der Waals surface area contributed by atoms with Gasteiger partial charge in [-0.25, -0.2) is 4.98 Å². The van der Waals surface area contributed by atoms with Crippen LogP contribution in [0.2, 0.25) is 5.15 Å². The number of ether oxygens (including phenoxy) is 1. The van der Waals surface area contributed by atoms with Crippen molar-refractivity contribution in [2.75, 3.05) is 13.7 Å². The Balaban J connectivity index is 2.92.